The summed E-state index contributed by atoms with van der Waals surface area (Å²) in [5, 5.41) is 9.41. The van der Waals surface area contributed by atoms with Crippen LogP contribution in [0.15, 0.2) is 61.1 Å². The van der Waals surface area contributed by atoms with Crippen molar-refractivity contribution in [1.82, 2.24) is 24.6 Å². The molecule has 0 unspecified atom stereocenters. The highest BCUT2D eigenvalue weighted by molar-refractivity contribution is 6.33. The molecule has 1 N–H and O–H groups in total. The molecule has 3 heterocycles. The average molecular weight is 504 g/mol. The van der Waals surface area contributed by atoms with E-state index in [-0.39, 0.29) is 0 Å². The van der Waals surface area contributed by atoms with Crippen LogP contribution in [0.1, 0.15) is 39.5 Å². The van der Waals surface area contributed by atoms with E-state index >= 15 is 0 Å². The lowest BCUT2D eigenvalue weighted by Gasteiger charge is -2.39. The summed E-state index contributed by atoms with van der Waals surface area (Å²) in [6.45, 7) is 9.19. The molecule has 0 saturated carbocycles. The van der Waals surface area contributed by atoms with Crippen molar-refractivity contribution in [3.8, 4) is 5.69 Å². The van der Waals surface area contributed by atoms with Crippen molar-refractivity contribution in [1.29, 1.82) is 0 Å². The van der Waals surface area contributed by atoms with Gasteiger partial charge in [0.25, 0.3) is 0 Å². The number of aromatic nitrogens is 4. The van der Waals surface area contributed by atoms with Crippen LogP contribution in [0.25, 0.3) is 16.7 Å². The van der Waals surface area contributed by atoms with Gasteiger partial charge in [-0.2, -0.15) is 5.10 Å². The second-order valence-corrected chi connectivity index (χ2v) is 9.80. The first kappa shape index (κ1) is 24.5. The molecule has 1 saturated heterocycles. The molecule has 1 aliphatic heterocycles. The van der Waals surface area contributed by atoms with Gasteiger partial charge in [0.2, 0.25) is 0 Å². The Kier molecular flexibility index (Phi) is 7.68. The fourth-order valence-electron chi connectivity index (χ4n) is 5.17. The van der Waals surface area contributed by atoms with Crippen LogP contribution in [0.4, 0.5) is 17.2 Å². The minimum Gasteiger partial charge on any atom is -0.371 e. The quantitative estimate of drug-likeness (QED) is 0.289. The van der Waals surface area contributed by atoms with Gasteiger partial charge < -0.3 is 15.1 Å². The first-order chi connectivity index (χ1) is 17.7. The van der Waals surface area contributed by atoms with Crippen LogP contribution in [0, 0.1) is 0 Å². The van der Waals surface area contributed by atoms with Crippen LogP contribution >= 0.6 is 11.6 Å². The summed E-state index contributed by atoms with van der Waals surface area (Å²) in [4.78, 5) is 14.1. The standard InChI is InChI=1S/C28H34ClN7/c1-3-15-34(16-4-2)22-13-17-35(18-14-22)21-9-11-23(12-10-21)36-28-24(19-32-36)27(30-20-31-28)33-26-8-6-5-7-25(26)29/h5-12,19-20,22H,3-4,13-18H2,1-2H3,(H,30,31,33). The molecule has 1 aliphatic rings. The van der Waals surface area contributed by atoms with Crippen molar-refractivity contribution in [2.24, 2.45) is 0 Å². The first-order valence-corrected chi connectivity index (χ1v) is 13.4. The molecular weight excluding hydrogens is 470 g/mol. The number of rotatable bonds is 9. The van der Waals surface area contributed by atoms with Gasteiger partial charge in [0.15, 0.2) is 5.65 Å². The van der Waals surface area contributed by atoms with Crippen LogP contribution < -0.4 is 10.2 Å². The molecule has 0 spiro atoms. The number of halogens is 1. The average Bonchev–Trinajstić information content (AvgIpc) is 3.35. The number of nitrogens with zero attached hydrogens (tertiary/aromatic N) is 6. The lowest BCUT2D eigenvalue weighted by molar-refractivity contribution is 0.169. The largest absolute Gasteiger partial charge is 0.371 e. The van der Waals surface area contributed by atoms with E-state index in [2.05, 4.69) is 68.3 Å². The molecule has 7 nitrogen and oxygen atoms in total. The number of para-hydroxylation sites is 1. The smallest absolute Gasteiger partial charge is 0.168 e. The topological polar surface area (TPSA) is 62.1 Å². The Hall–Kier alpha value is -3.16. The second kappa shape index (κ2) is 11.3. The van der Waals surface area contributed by atoms with Gasteiger partial charge in [-0.05, 0) is 75.2 Å². The zero-order valence-electron chi connectivity index (χ0n) is 21.1. The molecular formula is C28H34ClN7. The second-order valence-electron chi connectivity index (χ2n) is 9.39. The summed E-state index contributed by atoms with van der Waals surface area (Å²) in [6.07, 6.45) is 8.26. The Labute approximate surface area is 218 Å². The maximum absolute atomic E-state index is 6.32. The zero-order valence-corrected chi connectivity index (χ0v) is 21.8. The number of fused-ring (bicyclic) bond motifs is 1. The van der Waals surface area contributed by atoms with E-state index in [9.17, 15) is 0 Å². The molecule has 188 valence electrons. The molecule has 2 aromatic heterocycles. The molecule has 1 fully saturated rings. The van der Waals surface area contributed by atoms with E-state index in [0.717, 1.165) is 35.5 Å². The van der Waals surface area contributed by atoms with Crippen molar-refractivity contribution in [2.45, 2.75) is 45.6 Å². The Morgan fingerprint density at radius 3 is 2.33 bits per heavy atom. The van der Waals surface area contributed by atoms with E-state index in [0.29, 0.717) is 16.9 Å². The zero-order chi connectivity index (χ0) is 24.9. The van der Waals surface area contributed by atoms with Gasteiger partial charge in [0, 0.05) is 24.8 Å². The number of hydrogen-bond donors (Lipinski definition) is 1. The Morgan fingerprint density at radius 1 is 0.944 bits per heavy atom. The van der Waals surface area contributed by atoms with Gasteiger partial charge in [-0.1, -0.05) is 37.6 Å². The Morgan fingerprint density at radius 2 is 1.64 bits per heavy atom. The van der Waals surface area contributed by atoms with Crippen molar-refractivity contribution in [2.75, 3.05) is 36.4 Å². The van der Waals surface area contributed by atoms with Crippen molar-refractivity contribution < 1.29 is 0 Å². The highest BCUT2D eigenvalue weighted by atomic mass is 35.5. The molecule has 5 rings (SSSR count). The highest BCUT2D eigenvalue weighted by Gasteiger charge is 2.24. The molecule has 4 aromatic rings. The minimum absolute atomic E-state index is 0.639. The number of piperidine rings is 1. The number of nitrogens with one attached hydrogen (secondary N) is 1. The van der Waals surface area contributed by atoms with Crippen LogP contribution in [0.5, 0.6) is 0 Å². The van der Waals surface area contributed by atoms with Crippen molar-refractivity contribution >= 4 is 39.8 Å². The molecule has 36 heavy (non-hydrogen) atoms. The summed E-state index contributed by atoms with van der Waals surface area (Å²) in [5.74, 6) is 0.680. The maximum Gasteiger partial charge on any atom is 0.168 e. The van der Waals surface area contributed by atoms with Crippen molar-refractivity contribution in [3.05, 3.63) is 66.1 Å². The summed E-state index contributed by atoms with van der Waals surface area (Å²) < 4.78 is 1.86. The summed E-state index contributed by atoms with van der Waals surface area (Å²) in [6, 6.07) is 17.0. The van der Waals surface area contributed by atoms with Gasteiger partial charge in [-0.25, -0.2) is 14.6 Å². The van der Waals surface area contributed by atoms with Gasteiger partial charge in [0.1, 0.15) is 12.1 Å². The minimum atomic E-state index is 0.639. The lowest BCUT2D eigenvalue weighted by Crippen LogP contribution is -2.45. The predicted molar refractivity (Wildman–Crippen MR) is 149 cm³/mol. The predicted octanol–water partition coefficient (Wildman–Crippen LogP) is 6.30. The molecule has 0 radical (unpaired) electrons. The first-order valence-electron chi connectivity index (χ1n) is 13.0. The van der Waals surface area contributed by atoms with Gasteiger partial charge in [-0.3, -0.25) is 0 Å². The summed E-state index contributed by atoms with van der Waals surface area (Å²) in [7, 11) is 0. The van der Waals surface area contributed by atoms with E-state index in [1.165, 1.54) is 44.5 Å². The van der Waals surface area contributed by atoms with Crippen LogP contribution in [0.2, 0.25) is 5.02 Å². The number of anilines is 3. The molecule has 0 atom stereocenters. The summed E-state index contributed by atoms with van der Waals surface area (Å²) in [5.41, 5.74) is 3.79. The molecule has 0 amide bonds. The number of hydrogen-bond acceptors (Lipinski definition) is 6. The SMILES string of the molecule is CCCN(CCC)C1CCN(c2ccc(-n3ncc4c(Nc5ccccc5Cl)ncnc43)cc2)CC1. The van der Waals surface area contributed by atoms with Crippen LogP contribution in [0.3, 0.4) is 0 Å². The van der Waals surface area contributed by atoms with Gasteiger partial charge >= 0.3 is 0 Å². The molecule has 0 aliphatic carbocycles. The third-order valence-corrected chi connectivity index (χ3v) is 7.28. The fourth-order valence-corrected chi connectivity index (χ4v) is 5.35. The normalized spacial score (nSPS) is 14.6. The van der Waals surface area contributed by atoms with Gasteiger partial charge in [-0.15, -0.1) is 0 Å². The highest BCUT2D eigenvalue weighted by Crippen LogP contribution is 2.29. The van der Waals surface area contributed by atoms with E-state index in [1.54, 1.807) is 12.5 Å². The monoisotopic (exact) mass is 503 g/mol. The summed E-state index contributed by atoms with van der Waals surface area (Å²) >= 11 is 6.32. The Balaban J connectivity index is 1.30. The van der Waals surface area contributed by atoms with Gasteiger partial charge in [0.05, 0.1) is 28.0 Å². The molecule has 2 aromatic carbocycles. The molecule has 0 bridgehead atoms. The lowest BCUT2D eigenvalue weighted by atomic mass is 10.0. The Bertz CT molecular complexity index is 1270. The van der Waals surface area contributed by atoms with Crippen LogP contribution in [-0.4, -0.2) is 56.9 Å². The molecule has 8 heteroatoms. The third kappa shape index (κ3) is 5.18. The third-order valence-electron chi connectivity index (χ3n) is 6.95. The van der Waals surface area contributed by atoms with Crippen molar-refractivity contribution in [3.63, 3.8) is 0 Å². The van der Waals surface area contributed by atoms with E-state index < -0.39 is 0 Å². The number of benzene rings is 2. The van der Waals surface area contributed by atoms with E-state index in [1.807, 2.05) is 28.9 Å². The maximum atomic E-state index is 6.32. The fraction of sp³-hybridized carbons (Fsp3) is 0.393. The van der Waals surface area contributed by atoms with Crippen LogP contribution in [-0.2, 0) is 0 Å². The van der Waals surface area contributed by atoms with E-state index in [4.69, 9.17) is 11.6 Å².